The molecule has 2 aromatic rings. The predicted octanol–water partition coefficient (Wildman–Crippen LogP) is 8.59. The van der Waals surface area contributed by atoms with Gasteiger partial charge in [-0.25, -0.2) is 0 Å². The monoisotopic (exact) mass is 506 g/mol. The van der Waals surface area contributed by atoms with Crippen LogP contribution in [0.5, 0.6) is 5.75 Å². The van der Waals surface area contributed by atoms with Crippen LogP contribution >= 0.6 is 0 Å². The Morgan fingerprint density at radius 1 is 0.973 bits per heavy atom. The van der Waals surface area contributed by atoms with Crippen LogP contribution in [0.4, 0.5) is 0 Å². The third kappa shape index (κ3) is 12.5. The summed E-state index contributed by atoms with van der Waals surface area (Å²) < 4.78 is 5.31. The van der Waals surface area contributed by atoms with Gasteiger partial charge < -0.3 is 19.4 Å². The molecule has 204 valence electrons. The molecular formula is C33H50N2O2. The highest BCUT2D eigenvalue weighted by Gasteiger charge is 2.22. The maximum Gasteiger partial charge on any atom is 0.119 e. The number of rotatable bonds is 16. The minimum Gasteiger partial charge on any atom is -0.497 e. The average Bonchev–Trinajstić information content (AvgIpc) is 3.52. The van der Waals surface area contributed by atoms with Crippen molar-refractivity contribution in [2.75, 3.05) is 20.7 Å². The number of carbonyl (C=O) groups excluding carboxylic acids is 1. The number of unbranched alkanes of at least 4 members (excludes halogenated alkanes) is 6. The summed E-state index contributed by atoms with van der Waals surface area (Å²) in [6.07, 6.45) is 31.6. The Morgan fingerprint density at radius 3 is 2.35 bits per heavy atom. The van der Waals surface area contributed by atoms with E-state index in [0.717, 1.165) is 50.6 Å². The van der Waals surface area contributed by atoms with E-state index >= 15 is 0 Å². The first-order chi connectivity index (χ1) is 18.2. The van der Waals surface area contributed by atoms with Crippen molar-refractivity contribution >= 4 is 17.2 Å². The number of hydrogen-bond acceptors (Lipinski definition) is 3. The lowest BCUT2D eigenvalue weighted by atomic mass is 10.0. The van der Waals surface area contributed by atoms with Crippen molar-refractivity contribution < 1.29 is 9.53 Å². The van der Waals surface area contributed by atoms with Crippen LogP contribution in [-0.2, 0) is 11.2 Å². The van der Waals surface area contributed by atoms with Gasteiger partial charge >= 0.3 is 0 Å². The van der Waals surface area contributed by atoms with Crippen LogP contribution in [0.25, 0.3) is 10.9 Å². The van der Waals surface area contributed by atoms with Crippen LogP contribution in [0.1, 0.15) is 89.5 Å². The van der Waals surface area contributed by atoms with E-state index in [2.05, 4.69) is 78.6 Å². The molecule has 37 heavy (non-hydrogen) atoms. The van der Waals surface area contributed by atoms with E-state index < -0.39 is 0 Å². The number of fused-ring (bicyclic) bond motifs is 1. The Hall–Kier alpha value is -2.59. The maximum absolute atomic E-state index is 10.1. The number of H-pyrrole nitrogens is 1. The Labute approximate surface area is 225 Å². The molecule has 1 aliphatic heterocycles. The number of aromatic nitrogens is 1. The lowest BCUT2D eigenvalue weighted by Gasteiger charge is -2.18. The molecule has 1 N–H and O–H groups in total. The van der Waals surface area contributed by atoms with Gasteiger partial charge in [0, 0.05) is 29.6 Å². The van der Waals surface area contributed by atoms with Crippen molar-refractivity contribution in [3.8, 4) is 5.75 Å². The lowest BCUT2D eigenvalue weighted by molar-refractivity contribution is -0.107. The molecule has 0 spiro atoms. The zero-order valence-corrected chi connectivity index (χ0v) is 23.6. The first-order valence-electron chi connectivity index (χ1n) is 14.4. The molecule has 4 heteroatoms. The van der Waals surface area contributed by atoms with E-state index in [1.807, 2.05) is 6.07 Å². The van der Waals surface area contributed by atoms with Gasteiger partial charge in [0.25, 0.3) is 0 Å². The summed E-state index contributed by atoms with van der Waals surface area (Å²) in [5.41, 5.74) is 2.61. The van der Waals surface area contributed by atoms with E-state index in [0.29, 0.717) is 6.04 Å². The third-order valence-electron chi connectivity index (χ3n) is 7.07. The van der Waals surface area contributed by atoms with Gasteiger partial charge in [-0.1, -0.05) is 62.6 Å². The molecule has 1 saturated heterocycles. The van der Waals surface area contributed by atoms with Gasteiger partial charge in [0.1, 0.15) is 12.0 Å². The highest BCUT2D eigenvalue weighted by molar-refractivity contribution is 5.84. The van der Waals surface area contributed by atoms with Crippen molar-refractivity contribution in [1.29, 1.82) is 0 Å². The van der Waals surface area contributed by atoms with Gasteiger partial charge in [0.2, 0.25) is 0 Å². The second-order valence-electron chi connectivity index (χ2n) is 10.0. The van der Waals surface area contributed by atoms with Crippen LogP contribution in [0.3, 0.4) is 0 Å². The maximum atomic E-state index is 10.1. The van der Waals surface area contributed by atoms with Crippen LogP contribution in [-0.4, -0.2) is 42.9 Å². The van der Waals surface area contributed by atoms with Crippen molar-refractivity contribution in [1.82, 2.24) is 9.88 Å². The Bertz CT molecular complexity index is 956. The normalized spacial score (nSPS) is 16.2. The predicted molar refractivity (Wildman–Crippen MR) is 160 cm³/mol. The van der Waals surface area contributed by atoms with E-state index in [1.54, 1.807) is 7.11 Å². The van der Waals surface area contributed by atoms with Gasteiger partial charge in [-0.05, 0) is 95.1 Å². The molecule has 1 aliphatic rings. The standard InChI is InChI=1S/C18H30O.C15H20N2O/c1-2-3-4-5-6-7-8-9-10-11-12-13-14-15-16-17-18-19;1-17-7-3-4-12(17)8-11-10-16-15-6-5-13(18-2)9-14(11)15/h3-4,6-7,9-10,18H,2,5,8,11-17H2,1H3;5-6,9-10,12,16H,3-4,7-8H2,1-2H3/b4-3-,7-6-,10-9-;. The number of benzene rings is 1. The first kappa shape index (κ1) is 30.6. The molecular weight excluding hydrogens is 456 g/mol. The van der Waals surface area contributed by atoms with E-state index in [1.165, 1.54) is 68.0 Å². The molecule has 0 aliphatic carbocycles. The lowest BCUT2D eigenvalue weighted by Crippen LogP contribution is -2.26. The third-order valence-corrected chi connectivity index (χ3v) is 7.07. The molecule has 3 rings (SSSR count). The average molecular weight is 507 g/mol. The van der Waals surface area contributed by atoms with Crippen LogP contribution in [0.15, 0.2) is 60.9 Å². The summed E-state index contributed by atoms with van der Waals surface area (Å²) in [7, 11) is 3.95. The molecule has 0 amide bonds. The van der Waals surface area contributed by atoms with Crippen molar-refractivity contribution in [2.24, 2.45) is 0 Å². The van der Waals surface area contributed by atoms with Gasteiger partial charge in [-0.2, -0.15) is 0 Å². The topological polar surface area (TPSA) is 45.3 Å². The SMILES string of the molecule is CC/C=C\C/C=C\C/C=C\CCCCCCCC=O.COc1ccc2[nH]cc(CC3CCCN3C)c2c1. The zero-order chi connectivity index (χ0) is 26.6. The molecule has 2 heterocycles. The summed E-state index contributed by atoms with van der Waals surface area (Å²) in [5, 5.41) is 1.30. The number of carbonyl (C=O) groups is 1. The first-order valence-corrected chi connectivity index (χ1v) is 14.4. The largest absolute Gasteiger partial charge is 0.497 e. The number of aldehydes is 1. The van der Waals surface area contributed by atoms with E-state index in [4.69, 9.17) is 4.74 Å². The van der Waals surface area contributed by atoms with Gasteiger partial charge in [-0.15, -0.1) is 0 Å². The molecule has 0 bridgehead atoms. The molecule has 1 fully saturated rings. The molecule has 1 aromatic heterocycles. The zero-order valence-electron chi connectivity index (χ0n) is 23.6. The summed E-state index contributed by atoms with van der Waals surface area (Å²) >= 11 is 0. The van der Waals surface area contributed by atoms with Gasteiger partial charge in [0.15, 0.2) is 0 Å². The number of aromatic amines is 1. The number of likely N-dealkylation sites (tertiary alicyclic amines) is 1. The molecule has 1 unspecified atom stereocenters. The highest BCUT2D eigenvalue weighted by atomic mass is 16.5. The molecule has 0 radical (unpaired) electrons. The summed E-state index contributed by atoms with van der Waals surface area (Å²) in [4.78, 5) is 15.9. The Kier molecular flexibility index (Phi) is 16.2. The van der Waals surface area contributed by atoms with Crippen molar-refractivity contribution in [3.05, 3.63) is 66.4 Å². The number of nitrogens with zero attached hydrogens (tertiary/aromatic N) is 1. The number of allylic oxidation sites excluding steroid dienone is 6. The van der Waals surface area contributed by atoms with Crippen LogP contribution in [0, 0.1) is 0 Å². The minimum absolute atomic E-state index is 0.690. The summed E-state index contributed by atoms with van der Waals surface area (Å²) in [5.74, 6) is 0.933. The summed E-state index contributed by atoms with van der Waals surface area (Å²) in [6, 6.07) is 6.92. The molecule has 0 saturated carbocycles. The fourth-order valence-corrected chi connectivity index (χ4v) is 4.79. The smallest absolute Gasteiger partial charge is 0.119 e. The van der Waals surface area contributed by atoms with Crippen molar-refractivity contribution in [3.63, 3.8) is 0 Å². The number of likely N-dealkylation sites (N-methyl/N-ethyl adjacent to an activating group) is 1. The summed E-state index contributed by atoms with van der Waals surface area (Å²) in [6.45, 7) is 3.39. The van der Waals surface area contributed by atoms with Gasteiger partial charge in [0.05, 0.1) is 7.11 Å². The van der Waals surface area contributed by atoms with Crippen LogP contribution < -0.4 is 4.74 Å². The van der Waals surface area contributed by atoms with E-state index in [9.17, 15) is 4.79 Å². The van der Waals surface area contributed by atoms with E-state index in [-0.39, 0.29) is 0 Å². The molecule has 1 aromatic carbocycles. The number of nitrogens with one attached hydrogen (secondary N) is 1. The van der Waals surface area contributed by atoms with Crippen LogP contribution in [0.2, 0.25) is 0 Å². The Balaban J connectivity index is 0.000000260. The fourth-order valence-electron chi connectivity index (χ4n) is 4.79. The number of ether oxygens (including phenoxy) is 1. The minimum atomic E-state index is 0.690. The second kappa shape index (κ2) is 19.5. The number of methoxy groups -OCH3 is 1. The van der Waals surface area contributed by atoms with Gasteiger partial charge in [-0.3, -0.25) is 0 Å². The van der Waals surface area contributed by atoms with Crippen molar-refractivity contribution in [2.45, 2.75) is 96.4 Å². The fraction of sp³-hybridized carbons (Fsp3) is 0.545. The highest BCUT2D eigenvalue weighted by Crippen LogP contribution is 2.27. The quantitative estimate of drug-likeness (QED) is 0.141. The second-order valence-corrected chi connectivity index (χ2v) is 10.0. The number of hydrogen-bond donors (Lipinski definition) is 1. The Morgan fingerprint density at radius 2 is 1.68 bits per heavy atom. The molecule has 4 nitrogen and oxygen atoms in total. The molecule has 1 atom stereocenters.